The van der Waals surface area contributed by atoms with Crippen molar-refractivity contribution in [3.8, 4) is 0 Å². The summed E-state index contributed by atoms with van der Waals surface area (Å²) in [6, 6.07) is 9.81. The van der Waals surface area contributed by atoms with Crippen LogP contribution in [0.15, 0.2) is 68.3 Å². The SMILES string of the molecule is COC(=O)c1sccc1S(=O)(=O)Nc1cccc(S(=O)(=O)NCc2ccco2)c1. The van der Waals surface area contributed by atoms with Gasteiger partial charge in [0.05, 0.1) is 30.5 Å². The Morgan fingerprint density at radius 3 is 2.59 bits per heavy atom. The predicted octanol–water partition coefficient (Wildman–Crippen LogP) is 2.41. The molecule has 12 heteroatoms. The molecule has 0 aliphatic carbocycles. The largest absolute Gasteiger partial charge is 0.468 e. The van der Waals surface area contributed by atoms with Gasteiger partial charge in [-0.25, -0.2) is 26.4 Å². The van der Waals surface area contributed by atoms with Gasteiger partial charge in [-0.1, -0.05) is 6.07 Å². The van der Waals surface area contributed by atoms with Crippen molar-refractivity contribution in [3.63, 3.8) is 0 Å². The van der Waals surface area contributed by atoms with Crippen molar-refractivity contribution in [2.45, 2.75) is 16.3 Å². The van der Waals surface area contributed by atoms with E-state index in [1.807, 2.05) is 0 Å². The van der Waals surface area contributed by atoms with Crippen LogP contribution in [0.3, 0.4) is 0 Å². The van der Waals surface area contributed by atoms with Crippen molar-refractivity contribution in [2.24, 2.45) is 0 Å². The highest BCUT2D eigenvalue weighted by molar-refractivity contribution is 7.93. The van der Waals surface area contributed by atoms with Crippen LogP contribution in [0, 0.1) is 0 Å². The molecule has 3 aromatic rings. The van der Waals surface area contributed by atoms with E-state index in [9.17, 15) is 21.6 Å². The molecule has 0 fully saturated rings. The van der Waals surface area contributed by atoms with E-state index < -0.39 is 26.0 Å². The van der Waals surface area contributed by atoms with Gasteiger partial charge in [0.2, 0.25) is 10.0 Å². The number of furan rings is 1. The van der Waals surface area contributed by atoms with Gasteiger partial charge >= 0.3 is 5.97 Å². The maximum atomic E-state index is 12.7. The number of ether oxygens (including phenoxy) is 1. The molecule has 2 aromatic heterocycles. The molecule has 3 rings (SSSR count). The molecule has 0 aliphatic rings. The van der Waals surface area contributed by atoms with Crippen LogP contribution >= 0.6 is 11.3 Å². The number of anilines is 1. The quantitative estimate of drug-likeness (QED) is 0.498. The number of esters is 1. The number of nitrogens with one attached hydrogen (secondary N) is 2. The number of carbonyl (C=O) groups is 1. The molecule has 1 aromatic carbocycles. The average Bonchev–Trinajstić information content (AvgIpc) is 3.38. The summed E-state index contributed by atoms with van der Waals surface area (Å²) in [7, 11) is -6.90. The molecule has 2 heterocycles. The maximum Gasteiger partial charge on any atom is 0.349 e. The molecule has 0 spiro atoms. The number of benzene rings is 1. The van der Waals surface area contributed by atoms with Crippen LogP contribution < -0.4 is 9.44 Å². The molecule has 0 amide bonds. The molecular formula is C17H16N2O7S3. The lowest BCUT2D eigenvalue weighted by molar-refractivity contribution is 0.0602. The lowest BCUT2D eigenvalue weighted by atomic mass is 10.3. The second kappa shape index (κ2) is 8.37. The second-order valence-corrected chi connectivity index (χ2v) is 9.98. The Balaban J connectivity index is 1.82. The molecule has 0 saturated carbocycles. The van der Waals surface area contributed by atoms with Crippen molar-refractivity contribution >= 4 is 43.0 Å². The first-order valence-electron chi connectivity index (χ1n) is 8.04. The first kappa shape index (κ1) is 21.0. The Bertz CT molecular complexity index is 1210. The average molecular weight is 457 g/mol. The van der Waals surface area contributed by atoms with Crippen molar-refractivity contribution in [1.82, 2.24) is 4.72 Å². The van der Waals surface area contributed by atoms with Crippen LogP contribution in [0.1, 0.15) is 15.4 Å². The molecule has 0 radical (unpaired) electrons. The fraction of sp³-hybridized carbons (Fsp3) is 0.118. The second-order valence-electron chi connectivity index (χ2n) is 5.64. The predicted molar refractivity (Wildman–Crippen MR) is 106 cm³/mol. The van der Waals surface area contributed by atoms with Crippen LogP contribution in [0.4, 0.5) is 5.69 Å². The van der Waals surface area contributed by atoms with Crippen LogP contribution in [0.25, 0.3) is 0 Å². The Morgan fingerprint density at radius 2 is 1.90 bits per heavy atom. The van der Waals surface area contributed by atoms with Gasteiger partial charge in [-0.3, -0.25) is 4.72 Å². The zero-order valence-corrected chi connectivity index (χ0v) is 17.4. The van der Waals surface area contributed by atoms with Crippen molar-refractivity contribution < 1.29 is 30.8 Å². The summed E-state index contributed by atoms with van der Waals surface area (Å²) in [4.78, 5) is 11.3. The van der Waals surface area contributed by atoms with Crippen LogP contribution in [-0.2, 0) is 31.3 Å². The van der Waals surface area contributed by atoms with Crippen molar-refractivity contribution in [1.29, 1.82) is 0 Å². The zero-order chi connectivity index (χ0) is 21.1. The summed E-state index contributed by atoms with van der Waals surface area (Å²) in [6.07, 6.45) is 1.42. The third kappa shape index (κ3) is 4.85. The van der Waals surface area contributed by atoms with Crippen LogP contribution in [0.2, 0.25) is 0 Å². The zero-order valence-electron chi connectivity index (χ0n) is 15.0. The number of thiophene rings is 1. The molecule has 0 bridgehead atoms. The van der Waals surface area contributed by atoms with E-state index in [2.05, 4.69) is 14.2 Å². The van der Waals surface area contributed by atoms with Gasteiger partial charge in [0.15, 0.2) is 0 Å². The normalized spacial score (nSPS) is 11.9. The number of rotatable bonds is 8. The van der Waals surface area contributed by atoms with Crippen LogP contribution in [0.5, 0.6) is 0 Å². The molecule has 154 valence electrons. The third-order valence-corrected chi connectivity index (χ3v) is 7.55. The van der Waals surface area contributed by atoms with Crippen LogP contribution in [-0.4, -0.2) is 29.9 Å². The highest BCUT2D eigenvalue weighted by atomic mass is 32.2. The molecule has 29 heavy (non-hydrogen) atoms. The van der Waals surface area contributed by atoms with Gasteiger partial charge in [-0.15, -0.1) is 11.3 Å². The summed E-state index contributed by atoms with van der Waals surface area (Å²) in [6.45, 7) is -0.0529. The number of carbonyl (C=O) groups excluding carboxylic acids is 1. The molecule has 0 saturated heterocycles. The van der Waals surface area contributed by atoms with Gasteiger partial charge in [0.25, 0.3) is 10.0 Å². The Hall–Kier alpha value is -2.67. The Labute approximate surface area is 171 Å². The molecule has 0 aliphatic heterocycles. The van der Waals surface area contributed by atoms with Crippen molar-refractivity contribution in [3.05, 3.63) is 64.7 Å². The summed E-state index contributed by atoms with van der Waals surface area (Å²) in [5, 5.41) is 1.44. The summed E-state index contributed by atoms with van der Waals surface area (Å²) < 4.78 is 64.6. The highest BCUT2D eigenvalue weighted by Gasteiger charge is 2.25. The van der Waals surface area contributed by atoms with E-state index in [-0.39, 0.29) is 26.9 Å². The topological polar surface area (TPSA) is 132 Å². The Kier molecular flexibility index (Phi) is 6.07. The maximum absolute atomic E-state index is 12.7. The van der Waals surface area contributed by atoms with Gasteiger partial charge in [-0.05, 0) is 41.8 Å². The minimum Gasteiger partial charge on any atom is -0.468 e. The third-order valence-electron chi connectivity index (χ3n) is 3.70. The van der Waals surface area contributed by atoms with Gasteiger partial charge in [0, 0.05) is 0 Å². The van der Waals surface area contributed by atoms with E-state index in [1.165, 1.54) is 42.0 Å². The van der Waals surface area contributed by atoms with E-state index >= 15 is 0 Å². The monoisotopic (exact) mass is 456 g/mol. The number of hydrogen-bond donors (Lipinski definition) is 2. The lowest BCUT2D eigenvalue weighted by Gasteiger charge is -2.10. The fourth-order valence-corrected chi connectivity index (χ4v) is 5.77. The first-order chi connectivity index (χ1) is 13.7. The standard InChI is InChI=1S/C17H16N2O7S3/c1-25-17(20)16-15(7-9-27-16)29(23,24)19-12-4-2-6-14(10-12)28(21,22)18-11-13-5-3-8-26-13/h2-10,18-19H,11H2,1H3. The molecule has 9 nitrogen and oxygen atoms in total. The van der Waals surface area contributed by atoms with Crippen molar-refractivity contribution in [2.75, 3.05) is 11.8 Å². The molecule has 0 unspecified atom stereocenters. The molecular weight excluding hydrogens is 440 g/mol. The highest BCUT2D eigenvalue weighted by Crippen LogP contribution is 2.26. The number of methoxy groups -OCH3 is 1. The summed E-state index contributed by atoms with van der Waals surface area (Å²) in [5.74, 6) is -0.350. The number of hydrogen-bond acceptors (Lipinski definition) is 8. The minimum atomic E-state index is -4.14. The first-order valence-corrected chi connectivity index (χ1v) is 11.9. The summed E-state index contributed by atoms with van der Waals surface area (Å²) >= 11 is 0.924. The molecule has 0 atom stereocenters. The Morgan fingerprint density at radius 1 is 1.10 bits per heavy atom. The minimum absolute atomic E-state index is 0.0212. The van der Waals surface area contributed by atoms with Gasteiger partial charge in [0.1, 0.15) is 15.5 Å². The van der Waals surface area contributed by atoms with E-state index in [0.29, 0.717) is 5.76 Å². The molecule has 2 N–H and O–H groups in total. The van der Waals surface area contributed by atoms with Gasteiger partial charge in [-0.2, -0.15) is 0 Å². The summed E-state index contributed by atoms with van der Waals surface area (Å²) in [5.41, 5.74) is 0.0212. The smallest absolute Gasteiger partial charge is 0.349 e. The van der Waals surface area contributed by atoms with E-state index in [0.717, 1.165) is 18.4 Å². The van der Waals surface area contributed by atoms with Gasteiger partial charge < -0.3 is 9.15 Å². The lowest BCUT2D eigenvalue weighted by Crippen LogP contribution is -2.23. The van der Waals surface area contributed by atoms with E-state index in [1.54, 1.807) is 12.1 Å². The number of sulfonamides is 2. The van der Waals surface area contributed by atoms with E-state index in [4.69, 9.17) is 4.42 Å². The fourth-order valence-electron chi connectivity index (χ4n) is 2.35.